The van der Waals surface area contributed by atoms with Crippen LogP contribution in [0.1, 0.15) is 148 Å². The normalized spacial score (nSPS) is 12.7. The fourth-order valence-corrected chi connectivity index (χ4v) is 8.07. The van der Waals surface area contributed by atoms with E-state index < -0.39 is 42.1 Å². The van der Waals surface area contributed by atoms with E-state index in [9.17, 15) is 30.0 Å². The van der Waals surface area contributed by atoms with Crippen LogP contribution in [0.15, 0.2) is 28.0 Å². The van der Waals surface area contributed by atoms with Crippen LogP contribution in [0, 0.1) is 0 Å². The first-order chi connectivity index (χ1) is 19.0. The molecule has 0 N–H and O–H groups in total. The molecule has 0 aromatic heterocycles. The molecule has 1 rings (SSSR count). The van der Waals surface area contributed by atoms with E-state index in [1.165, 1.54) is 57.8 Å². The maximum absolute atomic E-state index is 13.7. The number of hydrogen-bond acceptors (Lipinski definition) is 4. The quantitative estimate of drug-likeness (QED) is 0.109. The van der Waals surface area contributed by atoms with Gasteiger partial charge in [0.25, 0.3) is 0 Å². The molecule has 4 nitrogen and oxygen atoms in total. The Hall–Kier alpha value is -1.09. The van der Waals surface area contributed by atoms with Crippen molar-refractivity contribution in [3.05, 3.63) is 23.8 Å². The molecule has 9 heteroatoms. The molecule has 0 atom stereocenters. The van der Waals surface area contributed by atoms with Gasteiger partial charge in [-0.25, -0.2) is 16.8 Å². The molecule has 0 saturated carbocycles. The summed E-state index contributed by atoms with van der Waals surface area (Å²) in [6, 6.07) is 2.24. The number of sulfone groups is 2. The Morgan fingerprint density at radius 3 is 1.25 bits per heavy atom. The Morgan fingerprint density at radius 1 is 0.525 bits per heavy atom. The minimum Gasteiger partial charge on any atom is -0.224 e. The summed E-state index contributed by atoms with van der Waals surface area (Å²) in [6.45, 7) is 4.35. The maximum Gasteiger partial charge on any atom is 0.417 e. The van der Waals surface area contributed by atoms with Crippen LogP contribution in [0.3, 0.4) is 0 Å². The molecule has 1 aromatic rings. The maximum atomic E-state index is 13.7. The summed E-state index contributed by atoms with van der Waals surface area (Å²) in [5, 5.41) is 0. The Balaban J connectivity index is 2.66. The summed E-state index contributed by atoms with van der Waals surface area (Å²) >= 11 is 0. The van der Waals surface area contributed by atoms with Crippen molar-refractivity contribution in [1.82, 2.24) is 0 Å². The summed E-state index contributed by atoms with van der Waals surface area (Å²) in [4.78, 5) is -1.27. The summed E-state index contributed by atoms with van der Waals surface area (Å²) < 4.78 is 92.7. The van der Waals surface area contributed by atoms with E-state index in [-0.39, 0.29) is 17.1 Å². The lowest BCUT2D eigenvalue weighted by Crippen LogP contribution is -2.17. The first-order valence-corrected chi connectivity index (χ1v) is 18.9. The molecule has 0 fully saturated rings. The zero-order chi connectivity index (χ0) is 29.9. The van der Waals surface area contributed by atoms with E-state index in [0.29, 0.717) is 18.9 Å². The third kappa shape index (κ3) is 15.2. The highest BCUT2D eigenvalue weighted by Crippen LogP contribution is 2.36. The highest BCUT2D eigenvalue weighted by Gasteiger charge is 2.38. The monoisotopic (exact) mass is 610 g/mol. The van der Waals surface area contributed by atoms with Gasteiger partial charge < -0.3 is 0 Å². The van der Waals surface area contributed by atoms with Crippen LogP contribution < -0.4 is 0 Å². The molecular formula is C31H53F3O4S2. The second-order valence-electron chi connectivity index (χ2n) is 11.2. The number of unbranched alkanes of at least 4 members (excludes halogenated alkanes) is 18. The predicted molar refractivity (Wildman–Crippen MR) is 159 cm³/mol. The number of halogens is 3. The second kappa shape index (κ2) is 19.9. The molecule has 1 aromatic carbocycles. The van der Waals surface area contributed by atoms with Gasteiger partial charge in [-0.3, -0.25) is 0 Å². The number of rotatable bonds is 24. The van der Waals surface area contributed by atoms with Crippen LogP contribution in [0.2, 0.25) is 0 Å². The Labute approximate surface area is 242 Å². The molecule has 0 aliphatic heterocycles. The number of benzene rings is 1. The molecule has 0 amide bonds. The number of hydrogen-bond donors (Lipinski definition) is 0. The molecule has 0 aliphatic carbocycles. The van der Waals surface area contributed by atoms with Crippen molar-refractivity contribution in [1.29, 1.82) is 0 Å². The van der Waals surface area contributed by atoms with Gasteiger partial charge in [0.05, 0.1) is 26.9 Å². The molecule has 0 spiro atoms. The van der Waals surface area contributed by atoms with Gasteiger partial charge in [0.15, 0.2) is 19.7 Å². The van der Waals surface area contributed by atoms with E-state index in [0.717, 1.165) is 63.5 Å². The molecule has 0 saturated heterocycles. The predicted octanol–water partition coefficient (Wildman–Crippen LogP) is 10.1. The average Bonchev–Trinajstić information content (AvgIpc) is 2.90. The van der Waals surface area contributed by atoms with E-state index >= 15 is 0 Å². The van der Waals surface area contributed by atoms with Crippen LogP contribution in [-0.2, 0) is 25.9 Å². The number of alkyl halides is 3. The summed E-state index contributed by atoms with van der Waals surface area (Å²) in [5.74, 6) is -0.624. The highest BCUT2D eigenvalue weighted by molar-refractivity contribution is 7.92. The van der Waals surface area contributed by atoms with Crippen LogP contribution in [0.5, 0.6) is 0 Å². The Kier molecular flexibility index (Phi) is 18.4. The third-order valence-corrected chi connectivity index (χ3v) is 11.1. The van der Waals surface area contributed by atoms with Gasteiger partial charge >= 0.3 is 6.18 Å². The first kappa shape index (κ1) is 36.9. The lowest BCUT2D eigenvalue weighted by atomic mass is 10.1. The van der Waals surface area contributed by atoms with Gasteiger partial charge in [0.2, 0.25) is 0 Å². The molecule has 0 heterocycles. The van der Waals surface area contributed by atoms with Crippen molar-refractivity contribution >= 4 is 19.7 Å². The van der Waals surface area contributed by atoms with E-state index in [4.69, 9.17) is 0 Å². The smallest absolute Gasteiger partial charge is 0.224 e. The SMILES string of the molecule is CCCCCCCCCCCCS(=O)(=O)c1ccc(C(F)(F)F)c(S(=O)(=O)CCCCCCCCCCCC)c1. The summed E-state index contributed by atoms with van der Waals surface area (Å²) in [5.41, 5.74) is -1.29. The van der Waals surface area contributed by atoms with Crippen molar-refractivity contribution in [2.45, 2.75) is 158 Å². The molecule has 0 radical (unpaired) electrons. The molecule has 0 bridgehead atoms. The van der Waals surface area contributed by atoms with Gasteiger partial charge in [-0.15, -0.1) is 0 Å². The summed E-state index contributed by atoms with van der Waals surface area (Å²) in [6.07, 6.45) is 15.2. The average molecular weight is 611 g/mol. The molecule has 0 aliphatic rings. The van der Waals surface area contributed by atoms with Crippen molar-refractivity contribution in [2.24, 2.45) is 0 Å². The fraction of sp³-hybridized carbons (Fsp3) is 0.806. The second-order valence-corrected chi connectivity index (χ2v) is 15.3. The molecule has 40 heavy (non-hydrogen) atoms. The standard InChI is InChI=1S/C31H53F3O4S2/c1-3-5-7-9-11-13-15-17-19-21-25-39(35,36)28-23-24-29(31(32,33)34)30(27-28)40(37,38)26-22-20-18-16-14-12-10-8-6-4-2/h23-24,27H,3-22,25-26H2,1-2H3. The zero-order valence-electron chi connectivity index (χ0n) is 24.9. The van der Waals surface area contributed by atoms with Crippen molar-refractivity contribution in [2.75, 3.05) is 11.5 Å². The van der Waals surface area contributed by atoms with Gasteiger partial charge in [0, 0.05) is 0 Å². The van der Waals surface area contributed by atoms with Crippen LogP contribution in [0.25, 0.3) is 0 Å². The molecule has 0 unspecified atom stereocenters. The lowest BCUT2D eigenvalue weighted by molar-refractivity contribution is -0.139. The minimum absolute atomic E-state index is 0.202. The van der Waals surface area contributed by atoms with E-state index in [1.54, 1.807) is 0 Å². The molecular weight excluding hydrogens is 557 g/mol. The van der Waals surface area contributed by atoms with Crippen molar-refractivity contribution < 1.29 is 30.0 Å². The van der Waals surface area contributed by atoms with Gasteiger partial charge in [-0.2, -0.15) is 13.2 Å². The van der Waals surface area contributed by atoms with E-state index in [2.05, 4.69) is 13.8 Å². The van der Waals surface area contributed by atoms with Gasteiger partial charge in [0.1, 0.15) is 0 Å². The van der Waals surface area contributed by atoms with E-state index in [1.807, 2.05) is 0 Å². The Morgan fingerprint density at radius 2 is 0.875 bits per heavy atom. The zero-order valence-corrected chi connectivity index (χ0v) is 26.5. The minimum atomic E-state index is -4.89. The van der Waals surface area contributed by atoms with Gasteiger partial charge in [-0.05, 0) is 31.0 Å². The van der Waals surface area contributed by atoms with Crippen molar-refractivity contribution in [3.63, 3.8) is 0 Å². The molecule has 234 valence electrons. The van der Waals surface area contributed by atoms with Crippen molar-refractivity contribution in [3.8, 4) is 0 Å². The topological polar surface area (TPSA) is 68.3 Å². The summed E-state index contributed by atoms with van der Waals surface area (Å²) in [7, 11) is -8.18. The highest BCUT2D eigenvalue weighted by atomic mass is 32.2. The van der Waals surface area contributed by atoms with Crippen LogP contribution >= 0.6 is 0 Å². The Bertz CT molecular complexity index is 1020. The van der Waals surface area contributed by atoms with Crippen LogP contribution in [-0.4, -0.2) is 28.3 Å². The largest absolute Gasteiger partial charge is 0.417 e. The lowest BCUT2D eigenvalue weighted by Gasteiger charge is -2.15. The van der Waals surface area contributed by atoms with Crippen LogP contribution in [0.4, 0.5) is 13.2 Å². The third-order valence-electron chi connectivity index (χ3n) is 7.49. The fourth-order valence-electron chi connectivity index (χ4n) is 4.97. The first-order valence-electron chi connectivity index (χ1n) is 15.6. The van der Waals surface area contributed by atoms with Gasteiger partial charge in [-0.1, -0.05) is 129 Å².